The maximum atomic E-state index is 12.8. The molecule has 3 aromatic rings. The fourth-order valence-corrected chi connectivity index (χ4v) is 3.16. The molecule has 1 aromatic heterocycles. The van der Waals surface area contributed by atoms with Crippen LogP contribution in [0, 0.1) is 0 Å². The van der Waals surface area contributed by atoms with Crippen LogP contribution in [-0.4, -0.2) is 10.9 Å². The Morgan fingerprint density at radius 1 is 0.964 bits per heavy atom. The van der Waals surface area contributed by atoms with Gasteiger partial charge in [0.1, 0.15) is 0 Å². The second-order valence-corrected chi connectivity index (χ2v) is 7.99. The fraction of sp³-hybridized carbons (Fsp3) is 0.250. The van der Waals surface area contributed by atoms with Crippen molar-refractivity contribution in [2.45, 2.75) is 39.2 Å². The van der Waals surface area contributed by atoms with Gasteiger partial charge in [0.2, 0.25) is 0 Å². The first kappa shape index (κ1) is 19.6. The van der Waals surface area contributed by atoms with Gasteiger partial charge in [0, 0.05) is 24.1 Å². The van der Waals surface area contributed by atoms with Crippen molar-refractivity contribution in [3.63, 3.8) is 0 Å². The van der Waals surface area contributed by atoms with Crippen molar-refractivity contribution in [2.75, 3.05) is 10.6 Å². The summed E-state index contributed by atoms with van der Waals surface area (Å²) in [7, 11) is 0. The molecule has 1 heterocycles. The molecule has 4 nitrogen and oxygen atoms in total. The minimum atomic E-state index is -0.166. The van der Waals surface area contributed by atoms with E-state index in [1.807, 2.05) is 48.5 Å². The Labute approximate surface area is 167 Å². The molecular formula is C24H27N3O. The van der Waals surface area contributed by atoms with Crippen molar-refractivity contribution < 1.29 is 4.79 Å². The van der Waals surface area contributed by atoms with Crippen molar-refractivity contribution in [2.24, 2.45) is 0 Å². The molecule has 0 aliphatic carbocycles. The van der Waals surface area contributed by atoms with E-state index < -0.39 is 0 Å². The van der Waals surface area contributed by atoms with E-state index in [2.05, 4.69) is 55.4 Å². The molecule has 2 aromatic carbocycles. The average molecular weight is 374 g/mol. The Balaban J connectivity index is 1.76. The molecule has 0 spiro atoms. The number of nitrogens with one attached hydrogen (secondary N) is 2. The number of nitrogens with zero attached hydrogens (tertiary/aromatic N) is 1. The fourth-order valence-electron chi connectivity index (χ4n) is 3.16. The summed E-state index contributed by atoms with van der Waals surface area (Å²) >= 11 is 0. The Bertz CT molecular complexity index is 945. The largest absolute Gasteiger partial charge is 0.377 e. The lowest BCUT2D eigenvalue weighted by molar-refractivity contribution is 0.102. The smallest absolute Gasteiger partial charge is 0.257 e. The molecule has 28 heavy (non-hydrogen) atoms. The lowest BCUT2D eigenvalue weighted by Crippen LogP contribution is -2.19. The number of hydrogen-bond donors (Lipinski definition) is 2. The molecule has 0 fully saturated rings. The van der Waals surface area contributed by atoms with Gasteiger partial charge in [-0.1, -0.05) is 69.3 Å². The summed E-state index contributed by atoms with van der Waals surface area (Å²) in [6, 6.07) is 20.0. The van der Waals surface area contributed by atoms with Gasteiger partial charge in [-0.2, -0.15) is 0 Å². The first-order valence-electron chi connectivity index (χ1n) is 9.52. The standard InChI is InChI=1S/C24H27N3O/c1-17(18-10-6-5-7-11-18)26-20-14-19(15-25-16-20)23(28)27-22-13-9-8-12-21(22)24(2,3)4/h5-17,26H,1-4H3,(H,27,28). The van der Waals surface area contributed by atoms with E-state index in [9.17, 15) is 4.79 Å². The third kappa shape index (κ3) is 4.77. The number of pyridine rings is 1. The highest BCUT2D eigenvalue weighted by Gasteiger charge is 2.19. The lowest BCUT2D eigenvalue weighted by atomic mass is 9.86. The highest BCUT2D eigenvalue weighted by Crippen LogP contribution is 2.29. The van der Waals surface area contributed by atoms with Gasteiger partial charge in [0.05, 0.1) is 11.3 Å². The zero-order chi connectivity index (χ0) is 20.1. The van der Waals surface area contributed by atoms with Gasteiger partial charge < -0.3 is 10.6 Å². The van der Waals surface area contributed by atoms with E-state index in [0.29, 0.717) is 5.56 Å². The SMILES string of the molecule is CC(Nc1cncc(C(=O)Nc2ccccc2C(C)(C)C)c1)c1ccccc1. The quantitative estimate of drug-likeness (QED) is 0.594. The van der Waals surface area contributed by atoms with Crippen LogP contribution in [0.2, 0.25) is 0 Å². The predicted octanol–water partition coefficient (Wildman–Crippen LogP) is 5.80. The molecule has 0 bridgehead atoms. The van der Waals surface area contributed by atoms with Crippen LogP contribution in [0.5, 0.6) is 0 Å². The number of carbonyl (C=O) groups excluding carboxylic acids is 1. The van der Waals surface area contributed by atoms with E-state index in [-0.39, 0.29) is 17.4 Å². The van der Waals surface area contributed by atoms with Gasteiger partial charge >= 0.3 is 0 Å². The average Bonchev–Trinajstić information content (AvgIpc) is 2.68. The second-order valence-electron chi connectivity index (χ2n) is 7.99. The van der Waals surface area contributed by atoms with Gasteiger partial charge in [-0.25, -0.2) is 0 Å². The van der Waals surface area contributed by atoms with E-state index in [4.69, 9.17) is 0 Å². The number of carbonyl (C=O) groups is 1. The summed E-state index contributed by atoms with van der Waals surface area (Å²) < 4.78 is 0. The zero-order valence-corrected chi connectivity index (χ0v) is 16.9. The molecule has 0 saturated carbocycles. The Hall–Kier alpha value is -3.14. The van der Waals surface area contributed by atoms with Gasteiger partial charge in [-0.05, 0) is 35.6 Å². The molecule has 0 saturated heterocycles. The topological polar surface area (TPSA) is 54.0 Å². The predicted molar refractivity (Wildman–Crippen MR) is 116 cm³/mol. The first-order chi connectivity index (χ1) is 13.3. The molecule has 0 radical (unpaired) electrons. The summed E-state index contributed by atoms with van der Waals surface area (Å²) in [5, 5.41) is 6.45. The summed E-state index contributed by atoms with van der Waals surface area (Å²) in [6.45, 7) is 8.49. The molecule has 3 rings (SSSR count). The number of anilines is 2. The van der Waals surface area contributed by atoms with Crippen LogP contribution in [-0.2, 0) is 5.41 Å². The number of aromatic nitrogens is 1. The highest BCUT2D eigenvalue weighted by atomic mass is 16.1. The van der Waals surface area contributed by atoms with Crippen molar-refractivity contribution in [1.29, 1.82) is 0 Å². The Kier molecular flexibility index (Phi) is 5.78. The molecule has 0 aliphatic heterocycles. The summed E-state index contributed by atoms with van der Waals surface area (Å²) in [5.41, 5.74) is 4.38. The third-order valence-corrected chi connectivity index (χ3v) is 4.67. The van der Waals surface area contributed by atoms with Gasteiger partial charge in [0.25, 0.3) is 5.91 Å². The van der Waals surface area contributed by atoms with Crippen LogP contribution >= 0.6 is 0 Å². The normalized spacial score (nSPS) is 12.3. The lowest BCUT2D eigenvalue weighted by Gasteiger charge is -2.23. The van der Waals surface area contributed by atoms with E-state index >= 15 is 0 Å². The van der Waals surface area contributed by atoms with Gasteiger partial charge in [-0.15, -0.1) is 0 Å². The minimum Gasteiger partial charge on any atom is -0.377 e. The molecule has 4 heteroatoms. The van der Waals surface area contributed by atoms with Crippen molar-refractivity contribution >= 4 is 17.3 Å². The van der Waals surface area contributed by atoms with E-state index in [1.165, 1.54) is 5.56 Å². The van der Waals surface area contributed by atoms with Crippen LogP contribution in [0.4, 0.5) is 11.4 Å². The van der Waals surface area contributed by atoms with Crippen LogP contribution in [0.15, 0.2) is 73.1 Å². The van der Waals surface area contributed by atoms with Gasteiger partial charge in [0.15, 0.2) is 0 Å². The second kappa shape index (κ2) is 8.26. The monoisotopic (exact) mass is 373 g/mol. The summed E-state index contributed by atoms with van der Waals surface area (Å²) in [4.78, 5) is 17.1. The van der Waals surface area contributed by atoms with Crippen LogP contribution in [0.25, 0.3) is 0 Å². The van der Waals surface area contributed by atoms with Crippen molar-refractivity contribution in [1.82, 2.24) is 4.98 Å². The number of hydrogen-bond acceptors (Lipinski definition) is 3. The van der Waals surface area contributed by atoms with E-state index in [1.54, 1.807) is 12.4 Å². The molecule has 2 N–H and O–H groups in total. The Morgan fingerprint density at radius 2 is 1.64 bits per heavy atom. The molecule has 144 valence electrons. The number of amides is 1. The molecule has 1 atom stereocenters. The summed E-state index contributed by atoms with van der Waals surface area (Å²) in [6.07, 6.45) is 3.33. The van der Waals surface area contributed by atoms with Crippen LogP contribution in [0.1, 0.15) is 55.2 Å². The van der Waals surface area contributed by atoms with E-state index in [0.717, 1.165) is 16.9 Å². The molecular weight excluding hydrogens is 346 g/mol. The Morgan fingerprint density at radius 3 is 2.36 bits per heavy atom. The van der Waals surface area contributed by atoms with Gasteiger partial charge in [-0.3, -0.25) is 9.78 Å². The van der Waals surface area contributed by atoms with Crippen LogP contribution in [0.3, 0.4) is 0 Å². The maximum absolute atomic E-state index is 12.8. The minimum absolute atomic E-state index is 0.0589. The molecule has 0 aliphatic rings. The number of benzene rings is 2. The van der Waals surface area contributed by atoms with Crippen molar-refractivity contribution in [3.8, 4) is 0 Å². The first-order valence-corrected chi connectivity index (χ1v) is 9.52. The van der Waals surface area contributed by atoms with Crippen LogP contribution < -0.4 is 10.6 Å². The van der Waals surface area contributed by atoms with Crippen molar-refractivity contribution in [3.05, 3.63) is 89.7 Å². The maximum Gasteiger partial charge on any atom is 0.257 e. The number of rotatable bonds is 5. The molecule has 1 unspecified atom stereocenters. The molecule has 1 amide bonds. The summed E-state index contributed by atoms with van der Waals surface area (Å²) in [5.74, 6) is -0.166. The number of para-hydroxylation sites is 1. The zero-order valence-electron chi connectivity index (χ0n) is 16.9. The highest BCUT2D eigenvalue weighted by molar-refractivity contribution is 6.05. The third-order valence-electron chi connectivity index (χ3n) is 4.67.